The summed E-state index contributed by atoms with van der Waals surface area (Å²) in [6, 6.07) is 0. The lowest BCUT2D eigenvalue weighted by Crippen LogP contribution is -1.69. The predicted octanol–water partition coefficient (Wildman–Crippen LogP) is 24.9. The maximum absolute atomic E-state index is 4.34. The van der Waals surface area contributed by atoms with Gasteiger partial charge in [-0.1, -0.05) is 17.9 Å². The fraction of sp³-hybridized carbons (Fsp3) is 0. The highest BCUT2D eigenvalue weighted by atomic mass is 33.5. The molecule has 0 fully saturated rings. The first-order chi connectivity index (χ1) is 19.0. The molecule has 0 aliphatic heterocycles. The molecule has 0 heterocycles. The van der Waals surface area contributed by atoms with E-state index in [-0.39, 0.29) is 140 Å². The summed E-state index contributed by atoms with van der Waals surface area (Å²) < 4.78 is 0. The van der Waals surface area contributed by atoms with Crippen LogP contribution in [0.3, 0.4) is 0 Å². The van der Waals surface area contributed by atoms with Crippen molar-refractivity contribution in [2.24, 2.45) is 0 Å². The molecule has 42 heteroatoms. The molecule has 42 heavy (non-hydrogen) atoms. The summed E-state index contributed by atoms with van der Waals surface area (Å²) in [6.07, 6.45) is 0. The quantitative estimate of drug-likeness (QED) is 0.113. The molecule has 0 saturated heterocycles. The Balaban J connectivity index is 8.59. The van der Waals surface area contributed by atoms with E-state index < -0.39 is 0 Å². The minimum Gasteiger partial charge on any atom is -0.102 e. The van der Waals surface area contributed by atoms with E-state index in [2.05, 4.69) is 196 Å². The predicted molar refractivity (Wildman–Crippen MR) is 349 cm³/mol. The van der Waals surface area contributed by atoms with Crippen LogP contribution in [-0.2, 0) is 0 Å². The number of hydrogen-bond acceptors (Lipinski definition) is 0. The molecule has 22 unspecified atom stereocenters. The normalized spacial score (nSPS) is 15.1. The lowest BCUT2D eigenvalue weighted by Gasteiger charge is -2.56. The molecule has 0 amide bonds. The van der Waals surface area contributed by atoms with Gasteiger partial charge in [0.05, 0.1) is 0 Å². The summed E-state index contributed by atoms with van der Waals surface area (Å²) in [6.45, 7) is -2.92. The van der Waals surface area contributed by atoms with Crippen molar-refractivity contribution >= 4 is 336 Å². The van der Waals surface area contributed by atoms with Crippen molar-refractivity contribution in [3.05, 3.63) is 0 Å². The van der Waals surface area contributed by atoms with Crippen LogP contribution in [0.15, 0.2) is 0 Å². The van der Waals surface area contributed by atoms with Crippen molar-refractivity contribution in [1.29, 1.82) is 0 Å². The fourth-order valence-electron chi connectivity index (χ4n) is 2.39. The van der Waals surface area contributed by atoms with Gasteiger partial charge in [-0.3, -0.25) is 0 Å². The molecule has 0 bridgehead atoms. The Morgan fingerprint density at radius 2 is 0.333 bits per heavy atom. The van der Waals surface area contributed by atoms with Crippen LogP contribution >= 0.6 is 336 Å². The molecule has 0 aliphatic rings. The average Bonchev–Trinajstić information content (AvgIpc) is 2.75. The summed E-state index contributed by atoms with van der Waals surface area (Å²) in [7, 11) is 76.6. The summed E-state index contributed by atoms with van der Waals surface area (Å²) in [4.78, 5) is 0. The molecule has 0 saturated carbocycles. The van der Waals surface area contributed by atoms with E-state index in [1.807, 2.05) is 0 Å². The molecule has 0 nitrogen and oxygen atoms in total. The third kappa shape index (κ3) is 21.4. The molecular weight excluding hydrogens is 1300 g/mol. The van der Waals surface area contributed by atoms with Gasteiger partial charge in [0.15, 0.2) is 0 Å². The second kappa shape index (κ2) is 32.7. The van der Waals surface area contributed by atoms with Crippen LogP contribution < -0.4 is 0 Å². The van der Waals surface area contributed by atoms with Crippen LogP contribution in [0.4, 0.5) is 0 Å². The molecule has 2 radical (unpaired) electrons. The first-order valence-corrected chi connectivity index (χ1v) is 84.7. The third-order valence-electron chi connectivity index (χ3n) is 3.52. The van der Waals surface area contributed by atoms with Gasteiger partial charge in [0.25, 0.3) is 0 Å². The van der Waals surface area contributed by atoms with Gasteiger partial charge in [-0.05, 0) is 140 Å². The first-order valence-electron chi connectivity index (χ1n) is 9.41. The van der Waals surface area contributed by atoms with Gasteiger partial charge in [0, 0.05) is 0 Å². The Morgan fingerprint density at radius 3 is 0.452 bits per heavy atom. The highest BCUT2D eigenvalue weighted by Crippen LogP contribution is 3.43. The highest BCUT2D eigenvalue weighted by molar-refractivity contribution is 9.49. The van der Waals surface area contributed by atoms with Crippen LogP contribution in [0.1, 0.15) is 0 Å². The standard InChI is InChI=1S/H42P42/c1-23(2)34(24(3)4)39(33(21)22)42(40(35(25(5)6)26(7)8)36(27(9)10)28(11)12)41(37(29(13)14)30(15)16)38(31(17)18)32(19)20/h1-2H,3-22H2. The minimum atomic E-state index is -0.351. The van der Waals surface area contributed by atoms with Gasteiger partial charge in [0.1, 0.15) is 0 Å². The molecule has 0 aliphatic carbocycles. The van der Waals surface area contributed by atoms with E-state index in [1.54, 1.807) is 0 Å². The van der Waals surface area contributed by atoms with E-state index in [4.69, 9.17) is 0 Å². The average molecular weight is 1340 g/mol. The second-order valence-electron chi connectivity index (χ2n) is 6.53. The van der Waals surface area contributed by atoms with Crippen molar-refractivity contribution in [1.82, 2.24) is 0 Å². The maximum Gasteiger partial charge on any atom is -0.0000970 e. The molecule has 0 aromatic carbocycles. The Kier molecular flexibility index (Phi) is 46.7. The fourth-order valence-corrected chi connectivity index (χ4v) is 581. The molecule has 22 atom stereocenters. The van der Waals surface area contributed by atoms with Crippen LogP contribution in [0.5, 0.6) is 0 Å². The van der Waals surface area contributed by atoms with E-state index in [1.165, 1.54) is 0 Å². The Hall–Kier alpha value is 18.1. The zero-order valence-electron chi connectivity index (χ0n) is 21.5. The zero-order chi connectivity index (χ0) is 33.5. The minimum absolute atomic E-state index is 0.0836. The number of rotatable bonds is 19. The highest BCUT2D eigenvalue weighted by Gasteiger charge is 2.56. The monoisotopic (exact) mass is 1340 g/mol. The van der Waals surface area contributed by atoms with Crippen LogP contribution in [0.25, 0.3) is 0 Å². The Morgan fingerprint density at radius 1 is 0.190 bits per heavy atom. The molecule has 0 spiro atoms. The zero-order valence-corrected chi connectivity index (χ0v) is 64.5. The van der Waals surface area contributed by atoms with Crippen molar-refractivity contribution in [2.45, 2.75) is 0 Å². The van der Waals surface area contributed by atoms with Gasteiger partial charge in [0.2, 0.25) is 0 Å². The van der Waals surface area contributed by atoms with Crippen LogP contribution in [-0.4, -0.2) is 0 Å². The second-order valence-corrected chi connectivity index (χ2v) is 176. The van der Waals surface area contributed by atoms with Gasteiger partial charge in [-0.25, -0.2) is 0 Å². The molecule has 252 valence electrons. The van der Waals surface area contributed by atoms with E-state index in [9.17, 15) is 0 Å². The summed E-state index contributed by atoms with van der Waals surface area (Å²) in [5.74, 6) is 0. The van der Waals surface area contributed by atoms with Gasteiger partial charge < -0.3 is 0 Å². The van der Waals surface area contributed by atoms with Crippen LogP contribution in [0.2, 0.25) is 0 Å². The summed E-state index contributed by atoms with van der Waals surface area (Å²) in [5, 5.41) is 0. The van der Waals surface area contributed by atoms with Crippen LogP contribution in [0, 0.1) is 0 Å². The van der Waals surface area contributed by atoms with E-state index in [0.717, 1.165) is 0 Å². The number of hydrogen-bond donors (Lipinski definition) is 0. The van der Waals surface area contributed by atoms with Gasteiger partial charge in [-0.2, -0.15) is 0 Å². The van der Waals surface area contributed by atoms with Gasteiger partial charge >= 0.3 is 0 Å². The van der Waals surface area contributed by atoms with Crippen molar-refractivity contribution in [3.8, 4) is 0 Å². The van der Waals surface area contributed by atoms with E-state index in [0.29, 0.717) is 0 Å². The third-order valence-corrected chi connectivity index (χ3v) is 285. The molecule has 0 aromatic heterocycles. The SMILES string of the molecule is [PH]P([PH])P(P(P)P)P(P(P)P)P(P(P(P(P)P)P(P)P)P(P(P)P)P(P)P)P(P(P(P)P)P(P)P)P(P(P)P)P(P)P. The first kappa shape index (κ1) is 60.1. The molecule has 0 N–H and O–H groups in total. The molecule has 0 rings (SSSR count). The van der Waals surface area contributed by atoms with Crippen molar-refractivity contribution in [2.75, 3.05) is 0 Å². The van der Waals surface area contributed by atoms with Crippen molar-refractivity contribution in [3.63, 3.8) is 0 Å². The van der Waals surface area contributed by atoms with Crippen molar-refractivity contribution < 1.29 is 0 Å². The Labute approximate surface area is 331 Å². The summed E-state index contributed by atoms with van der Waals surface area (Å²) in [5.41, 5.74) is 0. The summed E-state index contributed by atoms with van der Waals surface area (Å²) >= 11 is 0. The van der Waals surface area contributed by atoms with Gasteiger partial charge in [-0.15, -0.1) is 179 Å². The molecular formula is H42P42. The van der Waals surface area contributed by atoms with E-state index >= 15 is 0 Å². The largest absolute Gasteiger partial charge is 0.102 e. The topological polar surface area (TPSA) is 0 Å². The lowest BCUT2D eigenvalue weighted by molar-refractivity contribution is 4.37. The lowest BCUT2D eigenvalue weighted by atomic mass is 28.4. The molecule has 0 aromatic rings. The smallest absolute Gasteiger partial charge is 0.0000970 e. The maximum atomic E-state index is 4.34. The Bertz CT molecular complexity index is 563.